The average molecular weight is 262 g/mol. The van der Waals surface area contributed by atoms with E-state index in [1.54, 1.807) is 18.2 Å². The highest BCUT2D eigenvalue weighted by Crippen LogP contribution is 2.12. The van der Waals surface area contributed by atoms with Crippen LogP contribution in [0.1, 0.15) is 26.3 Å². The predicted octanol–water partition coefficient (Wildman–Crippen LogP) is 2.77. The van der Waals surface area contributed by atoms with E-state index in [1.807, 2.05) is 20.8 Å². The fraction of sp³-hybridized carbons (Fsp3) is 0.357. The Labute approximate surface area is 112 Å². The number of nitrogens with one attached hydrogen (secondary N) is 1. The van der Waals surface area contributed by atoms with Crippen molar-refractivity contribution >= 4 is 17.7 Å². The number of hydrogen-bond donors (Lipinski definition) is 1. The summed E-state index contributed by atoms with van der Waals surface area (Å²) in [6.45, 7) is 6.01. The van der Waals surface area contributed by atoms with Gasteiger partial charge in [-0.05, 0) is 36.6 Å². The molecule has 0 aliphatic rings. The summed E-state index contributed by atoms with van der Waals surface area (Å²) >= 11 is 0. The number of amides is 1. The van der Waals surface area contributed by atoms with Gasteiger partial charge in [-0.15, -0.1) is 0 Å². The van der Waals surface area contributed by atoms with Crippen LogP contribution in [0.5, 0.6) is 0 Å². The number of hydrogen-bond acceptors (Lipinski definition) is 3. The standard InChI is InChI=1S/C14H18N2O3/c1-10(2)11(3)15-14(17)9-6-12-4-7-13(8-5-12)16(18)19/h4-11H,1-3H3,(H,15,17)/b9-6+. The van der Waals surface area contributed by atoms with Crippen molar-refractivity contribution in [2.75, 3.05) is 0 Å². The third kappa shape index (κ3) is 4.91. The van der Waals surface area contributed by atoms with Crippen molar-refractivity contribution in [1.29, 1.82) is 0 Å². The Bertz CT molecular complexity index is 478. The van der Waals surface area contributed by atoms with E-state index in [9.17, 15) is 14.9 Å². The van der Waals surface area contributed by atoms with Gasteiger partial charge < -0.3 is 5.32 Å². The molecule has 0 spiro atoms. The summed E-state index contributed by atoms with van der Waals surface area (Å²) in [5.74, 6) is 0.205. The molecule has 0 saturated carbocycles. The molecule has 0 aromatic heterocycles. The van der Waals surface area contributed by atoms with Gasteiger partial charge in [0.2, 0.25) is 5.91 Å². The maximum absolute atomic E-state index is 11.6. The molecule has 0 radical (unpaired) electrons. The summed E-state index contributed by atoms with van der Waals surface area (Å²) in [6, 6.07) is 6.14. The molecule has 102 valence electrons. The molecule has 0 bridgehead atoms. The summed E-state index contributed by atoms with van der Waals surface area (Å²) in [4.78, 5) is 21.6. The van der Waals surface area contributed by atoms with Crippen LogP contribution in [0.2, 0.25) is 0 Å². The summed E-state index contributed by atoms with van der Waals surface area (Å²) in [5, 5.41) is 13.3. The molecule has 0 aliphatic heterocycles. The zero-order valence-electron chi connectivity index (χ0n) is 11.3. The average Bonchev–Trinajstić information content (AvgIpc) is 2.36. The second-order valence-corrected chi connectivity index (χ2v) is 4.72. The first-order valence-electron chi connectivity index (χ1n) is 6.13. The zero-order valence-corrected chi connectivity index (χ0v) is 11.3. The molecule has 0 heterocycles. The van der Waals surface area contributed by atoms with E-state index >= 15 is 0 Å². The topological polar surface area (TPSA) is 72.2 Å². The third-order valence-corrected chi connectivity index (χ3v) is 2.90. The lowest BCUT2D eigenvalue weighted by Gasteiger charge is -2.15. The van der Waals surface area contributed by atoms with Crippen LogP contribution < -0.4 is 5.32 Å². The fourth-order valence-electron chi connectivity index (χ4n) is 1.32. The van der Waals surface area contributed by atoms with Crippen molar-refractivity contribution in [2.24, 2.45) is 5.92 Å². The molecule has 5 nitrogen and oxygen atoms in total. The largest absolute Gasteiger partial charge is 0.350 e. The number of carbonyl (C=O) groups excluding carboxylic acids is 1. The van der Waals surface area contributed by atoms with E-state index in [2.05, 4.69) is 5.32 Å². The Morgan fingerprint density at radius 3 is 2.32 bits per heavy atom. The van der Waals surface area contributed by atoms with Crippen molar-refractivity contribution in [3.05, 3.63) is 46.0 Å². The summed E-state index contributed by atoms with van der Waals surface area (Å²) < 4.78 is 0. The predicted molar refractivity (Wildman–Crippen MR) is 74.6 cm³/mol. The van der Waals surface area contributed by atoms with Gasteiger partial charge in [-0.25, -0.2) is 0 Å². The third-order valence-electron chi connectivity index (χ3n) is 2.90. The quantitative estimate of drug-likeness (QED) is 0.504. The molecule has 0 saturated heterocycles. The van der Waals surface area contributed by atoms with Gasteiger partial charge in [0.15, 0.2) is 0 Å². The smallest absolute Gasteiger partial charge is 0.269 e. The lowest BCUT2D eigenvalue weighted by Crippen LogP contribution is -2.34. The zero-order chi connectivity index (χ0) is 14.4. The lowest BCUT2D eigenvalue weighted by molar-refractivity contribution is -0.384. The fourth-order valence-corrected chi connectivity index (χ4v) is 1.32. The van der Waals surface area contributed by atoms with Gasteiger partial charge in [0.25, 0.3) is 5.69 Å². The molecule has 1 aromatic carbocycles. The molecule has 5 heteroatoms. The minimum Gasteiger partial charge on any atom is -0.350 e. The molecule has 1 unspecified atom stereocenters. The first kappa shape index (κ1) is 14.9. The highest BCUT2D eigenvalue weighted by atomic mass is 16.6. The van der Waals surface area contributed by atoms with E-state index in [-0.39, 0.29) is 17.6 Å². The highest BCUT2D eigenvalue weighted by Gasteiger charge is 2.08. The van der Waals surface area contributed by atoms with Gasteiger partial charge in [0.05, 0.1) is 4.92 Å². The summed E-state index contributed by atoms with van der Waals surface area (Å²) in [6.07, 6.45) is 3.06. The maximum atomic E-state index is 11.6. The van der Waals surface area contributed by atoms with Gasteiger partial charge in [0, 0.05) is 24.3 Å². The Kier molecular flexibility index (Phi) is 5.23. The van der Waals surface area contributed by atoms with Gasteiger partial charge in [-0.1, -0.05) is 13.8 Å². The van der Waals surface area contributed by atoms with Crippen LogP contribution in [-0.4, -0.2) is 16.9 Å². The van der Waals surface area contributed by atoms with E-state index in [1.165, 1.54) is 18.2 Å². The van der Waals surface area contributed by atoms with Crippen molar-refractivity contribution in [2.45, 2.75) is 26.8 Å². The molecule has 1 N–H and O–H groups in total. The number of benzene rings is 1. The van der Waals surface area contributed by atoms with Crippen LogP contribution in [0.4, 0.5) is 5.69 Å². The monoisotopic (exact) mass is 262 g/mol. The molecular weight excluding hydrogens is 244 g/mol. The SMILES string of the molecule is CC(C)C(C)NC(=O)/C=C/c1ccc([N+](=O)[O-])cc1. The van der Waals surface area contributed by atoms with Crippen molar-refractivity contribution < 1.29 is 9.72 Å². The number of nitro benzene ring substituents is 1. The Morgan fingerprint density at radius 2 is 1.84 bits per heavy atom. The number of carbonyl (C=O) groups is 1. The molecule has 1 aromatic rings. The van der Waals surface area contributed by atoms with Crippen LogP contribution in [0.15, 0.2) is 30.3 Å². The Morgan fingerprint density at radius 1 is 1.26 bits per heavy atom. The van der Waals surface area contributed by atoms with Crippen molar-refractivity contribution in [3.63, 3.8) is 0 Å². The van der Waals surface area contributed by atoms with Gasteiger partial charge >= 0.3 is 0 Å². The van der Waals surface area contributed by atoms with Crippen LogP contribution in [-0.2, 0) is 4.79 Å². The Hall–Kier alpha value is -2.17. The van der Waals surface area contributed by atoms with Gasteiger partial charge in [-0.2, -0.15) is 0 Å². The van der Waals surface area contributed by atoms with Crippen LogP contribution in [0.25, 0.3) is 6.08 Å². The van der Waals surface area contributed by atoms with Crippen LogP contribution >= 0.6 is 0 Å². The van der Waals surface area contributed by atoms with Gasteiger partial charge in [-0.3, -0.25) is 14.9 Å². The number of non-ortho nitro benzene ring substituents is 1. The van der Waals surface area contributed by atoms with Crippen molar-refractivity contribution in [3.8, 4) is 0 Å². The molecule has 0 aliphatic carbocycles. The first-order chi connectivity index (χ1) is 8.90. The molecule has 1 rings (SSSR count). The normalized spacial score (nSPS) is 12.6. The van der Waals surface area contributed by atoms with E-state index < -0.39 is 4.92 Å². The summed E-state index contributed by atoms with van der Waals surface area (Å²) in [7, 11) is 0. The van der Waals surface area contributed by atoms with Crippen LogP contribution in [0, 0.1) is 16.0 Å². The van der Waals surface area contributed by atoms with E-state index in [0.717, 1.165) is 5.56 Å². The number of nitrogens with zero attached hydrogens (tertiary/aromatic N) is 1. The molecule has 0 fully saturated rings. The number of nitro groups is 1. The Balaban J connectivity index is 2.61. The minimum atomic E-state index is -0.454. The molecule has 1 atom stereocenters. The highest BCUT2D eigenvalue weighted by molar-refractivity contribution is 5.91. The van der Waals surface area contributed by atoms with Crippen LogP contribution in [0.3, 0.4) is 0 Å². The molecular formula is C14H18N2O3. The summed E-state index contributed by atoms with van der Waals surface area (Å²) in [5.41, 5.74) is 0.785. The van der Waals surface area contributed by atoms with E-state index in [4.69, 9.17) is 0 Å². The van der Waals surface area contributed by atoms with Crippen molar-refractivity contribution in [1.82, 2.24) is 5.32 Å². The number of rotatable bonds is 5. The molecule has 1 amide bonds. The second kappa shape index (κ2) is 6.68. The first-order valence-corrected chi connectivity index (χ1v) is 6.13. The molecule has 19 heavy (non-hydrogen) atoms. The van der Waals surface area contributed by atoms with E-state index in [0.29, 0.717) is 5.92 Å². The second-order valence-electron chi connectivity index (χ2n) is 4.72. The van der Waals surface area contributed by atoms with Gasteiger partial charge in [0.1, 0.15) is 0 Å². The minimum absolute atomic E-state index is 0.0371. The maximum Gasteiger partial charge on any atom is 0.269 e. The lowest BCUT2D eigenvalue weighted by atomic mass is 10.1.